The third-order valence-corrected chi connectivity index (χ3v) is 4.65. The standard InChI is InChI=1S/C18H21N5/c1-2-6-14(7-3-1)20-11-17-15-9-16(13-5-4-8-19-10-13)21-12-18(15)23-22-17/h4-5,8-10,12,14,20H,1-3,6-7,11H2,(H,22,23). The molecular weight excluding hydrogens is 286 g/mol. The average molecular weight is 307 g/mol. The number of fused-ring (bicyclic) bond motifs is 1. The summed E-state index contributed by atoms with van der Waals surface area (Å²) in [7, 11) is 0. The molecule has 0 radical (unpaired) electrons. The Bertz CT molecular complexity index is 774. The Morgan fingerprint density at radius 1 is 1.17 bits per heavy atom. The van der Waals surface area contributed by atoms with Crippen LogP contribution in [-0.2, 0) is 6.54 Å². The maximum atomic E-state index is 4.50. The molecule has 5 heteroatoms. The van der Waals surface area contributed by atoms with Crippen LogP contribution in [0.5, 0.6) is 0 Å². The molecule has 3 aromatic rings. The second kappa shape index (κ2) is 6.46. The lowest BCUT2D eigenvalue weighted by Crippen LogP contribution is -2.30. The zero-order valence-electron chi connectivity index (χ0n) is 13.1. The zero-order valence-corrected chi connectivity index (χ0v) is 13.1. The van der Waals surface area contributed by atoms with E-state index in [9.17, 15) is 0 Å². The Morgan fingerprint density at radius 2 is 2.09 bits per heavy atom. The van der Waals surface area contributed by atoms with Crippen LogP contribution in [0.2, 0.25) is 0 Å². The molecule has 0 atom stereocenters. The van der Waals surface area contributed by atoms with Gasteiger partial charge >= 0.3 is 0 Å². The van der Waals surface area contributed by atoms with Crippen LogP contribution in [0.25, 0.3) is 22.2 Å². The van der Waals surface area contributed by atoms with Crippen LogP contribution in [0, 0.1) is 0 Å². The Labute approximate surface area is 135 Å². The minimum absolute atomic E-state index is 0.640. The van der Waals surface area contributed by atoms with Crippen molar-refractivity contribution in [2.45, 2.75) is 44.7 Å². The second-order valence-electron chi connectivity index (χ2n) is 6.25. The predicted molar refractivity (Wildman–Crippen MR) is 90.8 cm³/mol. The summed E-state index contributed by atoms with van der Waals surface area (Å²) in [5, 5.41) is 12.4. The number of H-pyrrole nitrogens is 1. The Morgan fingerprint density at radius 3 is 2.91 bits per heavy atom. The molecule has 1 saturated carbocycles. The number of rotatable bonds is 4. The summed E-state index contributed by atoms with van der Waals surface area (Å²) in [4.78, 5) is 8.67. The van der Waals surface area contributed by atoms with Crippen molar-refractivity contribution in [3.05, 3.63) is 42.5 Å². The first-order valence-corrected chi connectivity index (χ1v) is 8.37. The summed E-state index contributed by atoms with van der Waals surface area (Å²) in [6.07, 6.45) is 12.1. The van der Waals surface area contributed by atoms with E-state index in [-0.39, 0.29) is 0 Å². The van der Waals surface area contributed by atoms with Gasteiger partial charge in [-0.15, -0.1) is 0 Å². The largest absolute Gasteiger partial charge is 0.308 e. The normalized spacial score (nSPS) is 16.0. The summed E-state index contributed by atoms with van der Waals surface area (Å²) in [6, 6.07) is 6.71. The summed E-state index contributed by atoms with van der Waals surface area (Å²) < 4.78 is 0. The molecule has 0 aromatic carbocycles. The lowest BCUT2D eigenvalue weighted by atomic mass is 9.95. The van der Waals surface area contributed by atoms with E-state index >= 15 is 0 Å². The summed E-state index contributed by atoms with van der Waals surface area (Å²) in [5.41, 5.74) is 4.02. The third-order valence-electron chi connectivity index (χ3n) is 4.65. The van der Waals surface area contributed by atoms with Crippen molar-refractivity contribution in [3.8, 4) is 11.3 Å². The van der Waals surface area contributed by atoms with Gasteiger partial charge in [-0.1, -0.05) is 19.3 Å². The van der Waals surface area contributed by atoms with Gasteiger partial charge in [0, 0.05) is 35.9 Å². The number of pyridine rings is 2. The molecule has 2 N–H and O–H groups in total. The van der Waals surface area contributed by atoms with Gasteiger partial charge in [0.05, 0.1) is 17.6 Å². The van der Waals surface area contributed by atoms with Crippen molar-refractivity contribution in [3.63, 3.8) is 0 Å². The van der Waals surface area contributed by atoms with E-state index in [0.717, 1.165) is 34.4 Å². The topological polar surface area (TPSA) is 66.5 Å². The van der Waals surface area contributed by atoms with Crippen LogP contribution in [-0.4, -0.2) is 26.2 Å². The molecule has 23 heavy (non-hydrogen) atoms. The molecule has 1 aliphatic rings. The molecule has 0 unspecified atom stereocenters. The van der Waals surface area contributed by atoms with Gasteiger partial charge in [0.15, 0.2) is 0 Å². The molecule has 1 fully saturated rings. The first kappa shape index (κ1) is 14.3. The number of hydrogen-bond donors (Lipinski definition) is 2. The van der Waals surface area contributed by atoms with E-state index in [1.54, 1.807) is 6.20 Å². The molecule has 0 aliphatic heterocycles. The molecule has 0 spiro atoms. The minimum atomic E-state index is 0.640. The lowest BCUT2D eigenvalue weighted by Gasteiger charge is -2.22. The van der Waals surface area contributed by atoms with Crippen molar-refractivity contribution in [1.82, 2.24) is 25.5 Å². The van der Waals surface area contributed by atoms with Crippen LogP contribution >= 0.6 is 0 Å². The van der Waals surface area contributed by atoms with Crippen LogP contribution in [0.15, 0.2) is 36.8 Å². The summed E-state index contributed by atoms with van der Waals surface area (Å²) in [6.45, 7) is 0.831. The summed E-state index contributed by atoms with van der Waals surface area (Å²) in [5.74, 6) is 0. The molecule has 4 rings (SSSR count). The molecule has 1 aliphatic carbocycles. The van der Waals surface area contributed by atoms with E-state index in [2.05, 4.69) is 31.5 Å². The maximum absolute atomic E-state index is 4.50. The van der Waals surface area contributed by atoms with E-state index in [4.69, 9.17) is 0 Å². The predicted octanol–water partition coefficient (Wildman–Crippen LogP) is 3.44. The SMILES string of the molecule is c1cncc(-c2cc3c(CNC4CCCCC4)[nH]nc3cn2)c1. The van der Waals surface area contributed by atoms with E-state index in [1.807, 2.05) is 24.5 Å². The molecule has 0 saturated heterocycles. The Balaban J connectivity index is 1.57. The third kappa shape index (κ3) is 3.10. The van der Waals surface area contributed by atoms with E-state index in [0.29, 0.717) is 6.04 Å². The highest BCUT2D eigenvalue weighted by molar-refractivity contribution is 5.84. The average Bonchev–Trinajstić information content (AvgIpc) is 3.04. The number of aromatic nitrogens is 4. The highest BCUT2D eigenvalue weighted by Crippen LogP contribution is 2.23. The lowest BCUT2D eigenvalue weighted by molar-refractivity contribution is 0.371. The second-order valence-corrected chi connectivity index (χ2v) is 6.25. The van der Waals surface area contributed by atoms with Gasteiger partial charge in [-0.05, 0) is 31.0 Å². The van der Waals surface area contributed by atoms with Crippen LogP contribution in [0.1, 0.15) is 37.8 Å². The van der Waals surface area contributed by atoms with Gasteiger partial charge in [-0.3, -0.25) is 15.1 Å². The smallest absolute Gasteiger partial charge is 0.111 e. The number of aromatic amines is 1. The maximum Gasteiger partial charge on any atom is 0.111 e. The van der Waals surface area contributed by atoms with Gasteiger partial charge in [-0.2, -0.15) is 5.10 Å². The number of hydrogen-bond acceptors (Lipinski definition) is 4. The summed E-state index contributed by atoms with van der Waals surface area (Å²) >= 11 is 0. The van der Waals surface area contributed by atoms with Gasteiger partial charge in [0.25, 0.3) is 0 Å². The van der Waals surface area contributed by atoms with E-state index in [1.165, 1.54) is 32.1 Å². The fraction of sp³-hybridized carbons (Fsp3) is 0.389. The fourth-order valence-electron chi connectivity index (χ4n) is 3.33. The van der Waals surface area contributed by atoms with E-state index < -0.39 is 0 Å². The van der Waals surface area contributed by atoms with Crippen molar-refractivity contribution in [2.75, 3.05) is 0 Å². The van der Waals surface area contributed by atoms with Crippen molar-refractivity contribution in [2.24, 2.45) is 0 Å². The first-order chi connectivity index (χ1) is 11.4. The molecule has 5 nitrogen and oxygen atoms in total. The monoisotopic (exact) mass is 307 g/mol. The van der Waals surface area contributed by atoms with Crippen LogP contribution in [0.3, 0.4) is 0 Å². The van der Waals surface area contributed by atoms with Crippen LogP contribution in [0.4, 0.5) is 0 Å². The van der Waals surface area contributed by atoms with Gasteiger partial charge in [0.2, 0.25) is 0 Å². The van der Waals surface area contributed by atoms with Crippen molar-refractivity contribution >= 4 is 10.9 Å². The first-order valence-electron chi connectivity index (χ1n) is 8.37. The fourth-order valence-corrected chi connectivity index (χ4v) is 3.33. The highest BCUT2D eigenvalue weighted by atomic mass is 15.1. The minimum Gasteiger partial charge on any atom is -0.308 e. The number of nitrogens with one attached hydrogen (secondary N) is 2. The molecule has 118 valence electrons. The molecule has 0 amide bonds. The zero-order chi connectivity index (χ0) is 15.5. The molecular formula is C18H21N5. The van der Waals surface area contributed by atoms with Gasteiger partial charge in [-0.25, -0.2) is 0 Å². The van der Waals surface area contributed by atoms with Crippen LogP contribution < -0.4 is 5.32 Å². The highest BCUT2D eigenvalue weighted by Gasteiger charge is 2.14. The quantitative estimate of drug-likeness (QED) is 0.775. The Kier molecular flexibility index (Phi) is 4.03. The molecule has 3 heterocycles. The molecule has 0 bridgehead atoms. The van der Waals surface area contributed by atoms with Gasteiger partial charge in [0.1, 0.15) is 5.52 Å². The van der Waals surface area contributed by atoms with Gasteiger partial charge < -0.3 is 5.32 Å². The Hall–Kier alpha value is -2.27. The van der Waals surface area contributed by atoms with Crippen molar-refractivity contribution < 1.29 is 0 Å². The number of nitrogens with zero attached hydrogens (tertiary/aromatic N) is 3. The molecule has 3 aromatic heterocycles. The van der Waals surface area contributed by atoms with Crippen molar-refractivity contribution in [1.29, 1.82) is 0 Å².